The minimum Gasteiger partial charge on any atom is -0.480 e. The zero-order chi connectivity index (χ0) is 12.4. The number of carboxylic acid groups (broad SMARTS) is 1. The van der Waals surface area contributed by atoms with Crippen molar-refractivity contribution in [2.45, 2.75) is 57.7 Å². The van der Waals surface area contributed by atoms with Crippen LogP contribution >= 0.6 is 0 Å². The maximum atomic E-state index is 11.2. The third-order valence-corrected chi connectivity index (χ3v) is 4.03. The Labute approximate surface area is 103 Å². The lowest BCUT2D eigenvalue weighted by atomic mass is 10.0. The Bertz CT molecular complexity index is 269. The van der Waals surface area contributed by atoms with Crippen molar-refractivity contribution < 1.29 is 9.90 Å². The monoisotopic (exact) mass is 240 g/mol. The second-order valence-electron chi connectivity index (χ2n) is 5.72. The van der Waals surface area contributed by atoms with E-state index < -0.39 is 5.97 Å². The third kappa shape index (κ3) is 3.42. The van der Waals surface area contributed by atoms with Crippen molar-refractivity contribution in [3.63, 3.8) is 0 Å². The van der Waals surface area contributed by atoms with Gasteiger partial charge in [0.05, 0.1) is 0 Å². The van der Waals surface area contributed by atoms with Crippen molar-refractivity contribution in [1.82, 2.24) is 10.2 Å². The highest BCUT2D eigenvalue weighted by molar-refractivity contribution is 5.74. The summed E-state index contributed by atoms with van der Waals surface area (Å²) >= 11 is 0. The molecule has 1 unspecified atom stereocenters. The molecule has 0 amide bonds. The molecule has 4 heteroatoms. The molecule has 1 heterocycles. The molecule has 0 bridgehead atoms. The Morgan fingerprint density at radius 2 is 1.82 bits per heavy atom. The first-order valence-corrected chi connectivity index (χ1v) is 6.81. The van der Waals surface area contributed by atoms with Gasteiger partial charge in [-0.25, -0.2) is 0 Å². The Morgan fingerprint density at radius 1 is 1.24 bits per heavy atom. The van der Waals surface area contributed by atoms with Gasteiger partial charge in [-0.2, -0.15) is 0 Å². The number of rotatable bonds is 5. The molecule has 1 atom stereocenters. The van der Waals surface area contributed by atoms with Crippen molar-refractivity contribution in [3.05, 3.63) is 0 Å². The van der Waals surface area contributed by atoms with Crippen molar-refractivity contribution in [1.29, 1.82) is 0 Å². The van der Waals surface area contributed by atoms with Crippen LogP contribution in [-0.4, -0.2) is 47.2 Å². The maximum Gasteiger partial charge on any atom is 0.320 e. The molecule has 98 valence electrons. The van der Waals surface area contributed by atoms with Crippen molar-refractivity contribution in [2.75, 3.05) is 13.1 Å². The molecule has 2 N–H and O–H groups in total. The van der Waals surface area contributed by atoms with Crippen LogP contribution in [-0.2, 0) is 4.79 Å². The van der Waals surface area contributed by atoms with E-state index in [1.165, 1.54) is 0 Å². The molecule has 0 radical (unpaired) electrons. The van der Waals surface area contributed by atoms with Gasteiger partial charge >= 0.3 is 5.97 Å². The van der Waals surface area contributed by atoms with Gasteiger partial charge in [-0.05, 0) is 58.5 Å². The van der Waals surface area contributed by atoms with Gasteiger partial charge in [-0.15, -0.1) is 0 Å². The number of hydrogen-bond acceptors (Lipinski definition) is 3. The average molecular weight is 240 g/mol. The predicted molar refractivity (Wildman–Crippen MR) is 67.0 cm³/mol. The lowest BCUT2D eigenvalue weighted by Crippen LogP contribution is -2.50. The van der Waals surface area contributed by atoms with Crippen LogP contribution in [0.3, 0.4) is 0 Å². The molecule has 17 heavy (non-hydrogen) atoms. The fourth-order valence-electron chi connectivity index (χ4n) is 2.68. The Balaban J connectivity index is 1.78. The molecule has 2 rings (SSSR count). The molecule has 2 fully saturated rings. The van der Waals surface area contributed by atoms with Crippen LogP contribution in [0.2, 0.25) is 0 Å². The van der Waals surface area contributed by atoms with Crippen LogP contribution in [0.5, 0.6) is 0 Å². The van der Waals surface area contributed by atoms with E-state index in [0.29, 0.717) is 18.0 Å². The summed E-state index contributed by atoms with van der Waals surface area (Å²) in [7, 11) is 0. The van der Waals surface area contributed by atoms with Crippen LogP contribution in [0.1, 0.15) is 39.5 Å². The minimum absolute atomic E-state index is 0.300. The normalized spacial score (nSPS) is 25.1. The summed E-state index contributed by atoms with van der Waals surface area (Å²) < 4.78 is 0. The first-order valence-electron chi connectivity index (χ1n) is 6.81. The van der Waals surface area contributed by atoms with Crippen LogP contribution < -0.4 is 5.32 Å². The summed E-state index contributed by atoms with van der Waals surface area (Å²) in [5, 5.41) is 12.5. The van der Waals surface area contributed by atoms with Crippen LogP contribution in [0, 0.1) is 5.92 Å². The number of nitrogens with one attached hydrogen (secondary N) is 1. The smallest absolute Gasteiger partial charge is 0.320 e. The van der Waals surface area contributed by atoms with Gasteiger partial charge in [0, 0.05) is 12.1 Å². The molecule has 4 nitrogen and oxygen atoms in total. The number of carbonyl (C=O) groups is 1. The van der Waals surface area contributed by atoms with Gasteiger partial charge < -0.3 is 15.3 Å². The highest BCUT2D eigenvalue weighted by Gasteiger charge is 2.37. The Hall–Kier alpha value is -0.610. The topological polar surface area (TPSA) is 52.6 Å². The lowest BCUT2D eigenvalue weighted by molar-refractivity contribution is -0.140. The van der Waals surface area contributed by atoms with Crippen LogP contribution in [0.25, 0.3) is 0 Å². The standard InChI is InChI=1S/C13H24N2O2/c1-9(2)15-7-5-11(6-8-15)14-12(13(16)17)10-3-4-10/h9-12,14H,3-8H2,1-2H3,(H,16,17). The second kappa shape index (κ2) is 5.36. The quantitative estimate of drug-likeness (QED) is 0.761. The van der Waals surface area contributed by atoms with E-state index in [4.69, 9.17) is 0 Å². The molecule has 0 aromatic heterocycles. The number of piperidine rings is 1. The van der Waals surface area contributed by atoms with Gasteiger partial charge in [-0.1, -0.05) is 0 Å². The maximum absolute atomic E-state index is 11.2. The molecule has 1 aliphatic heterocycles. The minimum atomic E-state index is -0.668. The zero-order valence-electron chi connectivity index (χ0n) is 10.9. The number of likely N-dealkylation sites (tertiary alicyclic amines) is 1. The summed E-state index contributed by atoms with van der Waals surface area (Å²) in [6.07, 6.45) is 4.31. The lowest BCUT2D eigenvalue weighted by Gasteiger charge is -2.36. The van der Waals surface area contributed by atoms with Crippen molar-refractivity contribution >= 4 is 5.97 Å². The molecule has 0 aromatic carbocycles. The largest absolute Gasteiger partial charge is 0.480 e. The van der Waals surface area contributed by atoms with E-state index in [9.17, 15) is 9.90 Å². The molecular formula is C13H24N2O2. The first kappa shape index (κ1) is 12.8. The van der Waals surface area contributed by atoms with E-state index in [0.717, 1.165) is 38.8 Å². The van der Waals surface area contributed by atoms with Gasteiger partial charge in [0.1, 0.15) is 6.04 Å². The van der Waals surface area contributed by atoms with Gasteiger partial charge in [0.25, 0.3) is 0 Å². The molecular weight excluding hydrogens is 216 g/mol. The second-order valence-corrected chi connectivity index (χ2v) is 5.72. The van der Waals surface area contributed by atoms with E-state index >= 15 is 0 Å². The summed E-state index contributed by atoms with van der Waals surface area (Å²) in [5.41, 5.74) is 0. The molecule has 1 saturated carbocycles. The predicted octanol–water partition coefficient (Wildman–Crippen LogP) is 1.31. The van der Waals surface area contributed by atoms with Gasteiger partial charge in [0.2, 0.25) is 0 Å². The van der Waals surface area contributed by atoms with Crippen molar-refractivity contribution in [2.24, 2.45) is 5.92 Å². The Morgan fingerprint density at radius 3 is 2.24 bits per heavy atom. The summed E-state index contributed by atoms with van der Waals surface area (Å²) in [4.78, 5) is 13.6. The third-order valence-electron chi connectivity index (χ3n) is 4.03. The Kier molecular flexibility index (Phi) is 4.05. The van der Waals surface area contributed by atoms with Gasteiger partial charge in [-0.3, -0.25) is 4.79 Å². The van der Waals surface area contributed by atoms with Crippen LogP contribution in [0.15, 0.2) is 0 Å². The molecule has 1 saturated heterocycles. The first-order chi connectivity index (χ1) is 8.08. The number of nitrogens with zero attached hydrogens (tertiary/aromatic N) is 1. The highest BCUT2D eigenvalue weighted by Crippen LogP contribution is 2.33. The molecule has 1 aliphatic carbocycles. The number of carboxylic acids is 1. The summed E-state index contributed by atoms with van der Waals surface area (Å²) in [6, 6.07) is 0.701. The average Bonchev–Trinajstić information content (AvgIpc) is 3.10. The summed E-state index contributed by atoms with van der Waals surface area (Å²) in [6.45, 7) is 6.62. The van der Waals surface area contributed by atoms with Crippen LogP contribution in [0.4, 0.5) is 0 Å². The zero-order valence-corrected chi connectivity index (χ0v) is 10.9. The van der Waals surface area contributed by atoms with E-state index in [1.54, 1.807) is 0 Å². The summed E-state index contributed by atoms with van der Waals surface area (Å²) in [5.74, 6) is -0.283. The molecule has 2 aliphatic rings. The van der Waals surface area contributed by atoms with Crippen molar-refractivity contribution in [3.8, 4) is 0 Å². The van der Waals surface area contributed by atoms with E-state index in [2.05, 4.69) is 24.1 Å². The number of aliphatic carboxylic acids is 1. The SMILES string of the molecule is CC(C)N1CCC(NC(C(=O)O)C2CC2)CC1. The highest BCUT2D eigenvalue weighted by atomic mass is 16.4. The fourth-order valence-corrected chi connectivity index (χ4v) is 2.68. The van der Waals surface area contributed by atoms with Gasteiger partial charge in [0.15, 0.2) is 0 Å². The fraction of sp³-hybridized carbons (Fsp3) is 0.923. The van der Waals surface area contributed by atoms with E-state index in [1.807, 2.05) is 0 Å². The van der Waals surface area contributed by atoms with E-state index in [-0.39, 0.29) is 6.04 Å². The molecule has 0 aromatic rings. The molecule has 0 spiro atoms. The number of hydrogen-bond donors (Lipinski definition) is 2.